The Kier molecular flexibility index (Phi) is 8.20. The highest BCUT2D eigenvalue weighted by molar-refractivity contribution is 5.94. The molecule has 2 rings (SSSR count). The maximum Gasteiger partial charge on any atom is 0.387 e. The number of amides is 1. The van der Waals surface area contributed by atoms with E-state index in [0.29, 0.717) is 13.0 Å². The summed E-state index contributed by atoms with van der Waals surface area (Å²) in [6.45, 7) is -1.25. The van der Waals surface area contributed by atoms with Crippen molar-refractivity contribution in [2.75, 3.05) is 18.5 Å². The zero-order valence-corrected chi connectivity index (χ0v) is 15.3. The summed E-state index contributed by atoms with van der Waals surface area (Å²) in [6.07, 6.45) is 0.517. The van der Waals surface area contributed by atoms with Crippen molar-refractivity contribution in [1.82, 2.24) is 0 Å². The minimum absolute atomic E-state index is 0.0652. The number of aryl methyl sites for hydroxylation is 1. The molecule has 0 spiro atoms. The first-order valence-electron chi connectivity index (χ1n) is 8.63. The monoisotopic (exact) mass is 393 g/mol. The van der Waals surface area contributed by atoms with E-state index < -0.39 is 25.1 Å². The number of carbonyl (C=O) groups excluding carboxylic acids is 2. The summed E-state index contributed by atoms with van der Waals surface area (Å²) >= 11 is 0. The van der Waals surface area contributed by atoms with Crippen molar-refractivity contribution in [3.8, 4) is 11.5 Å². The number of carbonyl (C=O) groups is 2. The zero-order valence-electron chi connectivity index (χ0n) is 15.3. The summed E-state index contributed by atoms with van der Waals surface area (Å²) < 4.78 is 39.4. The van der Waals surface area contributed by atoms with Crippen LogP contribution in [0.2, 0.25) is 0 Å². The van der Waals surface area contributed by atoms with E-state index in [0.717, 1.165) is 11.3 Å². The van der Waals surface area contributed by atoms with Gasteiger partial charge < -0.3 is 19.5 Å². The first kappa shape index (κ1) is 21.1. The van der Waals surface area contributed by atoms with Crippen molar-refractivity contribution in [2.45, 2.75) is 26.4 Å². The zero-order chi connectivity index (χ0) is 20.4. The summed E-state index contributed by atoms with van der Waals surface area (Å²) in [5, 5.41) is 2.37. The standard InChI is InChI=1S/C20H21F2NO5/c1-14-6-4-7-15(12-14)26-11-5-10-19(25)27-13-18(24)23-16-8-2-3-9-17(16)28-20(21)22/h2-4,6-9,12,20H,5,10-11,13H2,1H3,(H,23,24). The maximum absolute atomic E-state index is 12.4. The number of alkyl halides is 2. The Hall–Kier alpha value is -3.16. The molecule has 0 radical (unpaired) electrons. The van der Waals surface area contributed by atoms with Gasteiger partial charge in [-0.2, -0.15) is 8.78 Å². The van der Waals surface area contributed by atoms with Crippen LogP contribution in [0.15, 0.2) is 48.5 Å². The number of benzene rings is 2. The highest BCUT2D eigenvalue weighted by Crippen LogP contribution is 2.25. The van der Waals surface area contributed by atoms with Crippen LogP contribution in [0, 0.1) is 6.92 Å². The van der Waals surface area contributed by atoms with Gasteiger partial charge in [-0.3, -0.25) is 9.59 Å². The lowest BCUT2D eigenvalue weighted by molar-refractivity contribution is -0.147. The molecule has 0 saturated heterocycles. The van der Waals surface area contributed by atoms with Crippen LogP contribution in [-0.2, 0) is 14.3 Å². The fraction of sp³-hybridized carbons (Fsp3) is 0.300. The Balaban J connectivity index is 1.67. The fourth-order valence-electron chi connectivity index (χ4n) is 2.28. The number of halogens is 2. The number of nitrogens with one attached hydrogen (secondary N) is 1. The van der Waals surface area contributed by atoms with Gasteiger partial charge >= 0.3 is 12.6 Å². The molecule has 0 fully saturated rings. The summed E-state index contributed by atoms with van der Waals surface area (Å²) in [5.74, 6) is -0.669. The molecule has 0 bridgehead atoms. The van der Waals surface area contributed by atoms with Gasteiger partial charge in [-0.1, -0.05) is 24.3 Å². The normalized spacial score (nSPS) is 10.4. The van der Waals surface area contributed by atoms with E-state index in [1.165, 1.54) is 18.2 Å². The first-order valence-corrected chi connectivity index (χ1v) is 8.63. The molecule has 2 aromatic carbocycles. The van der Waals surface area contributed by atoms with Crippen LogP contribution >= 0.6 is 0 Å². The Labute approximate surface area is 161 Å². The minimum Gasteiger partial charge on any atom is -0.494 e. The summed E-state index contributed by atoms with van der Waals surface area (Å²) in [7, 11) is 0. The Morgan fingerprint density at radius 1 is 1.11 bits per heavy atom. The van der Waals surface area contributed by atoms with E-state index in [4.69, 9.17) is 9.47 Å². The maximum atomic E-state index is 12.4. The average molecular weight is 393 g/mol. The third kappa shape index (κ3) is 7.61. The van der Waals surface area contributed by atoms with Gasteiger partial charge in [-0.25, -0.2) is 0 Å². The molecule has 0 heterocycles. The second-order valence-electron chi connectivity index (χ2n) is 5.85. The molecule has 0 atom stereocenters. The van der Waals surface area contributed by atoms with Crippen LogP contribution < -0.4 is 14.8 Å². The quantitative estimate of drug-likeness (QED) is 0.489. The van der Waals surface area contributed by atoms with Crippen LogP contribution in [0.25, 0.3) is 0 Å². The molecule has 8 heteroatoms. The topological polar surface area (TPSA) is 73.9 Å². The van der Waals surface area contributed by atoms with E-state index >= 15 is 0 Å². The predicted molar refractivity (Wildman–Crippen MR) is 98.6 cm³/mol. The number of hydrogen-bond acceptors (Lipinski definition) is 5. The van der Waals surface area contributed by atoms with Crippen LogP contribution in [0.1, 0.15) is 18.4 Å². The third-order valence-corrected chi connectivity index (χ3v) is 3.52. The van der Waals surface area contributed by atoms with E-state index in [2.05, 4.69) is 10.1 Å². The van der Waals surface area contributed by atoms with E-state index in [9.17, 15) is 18.4 Å². The van der Waals surface area contributed by atoms with Gasteiger partial charge in [0.15, 0.2) is 6.61 Å². The lowest BCUT2D eigenvalue weighted by atomic mass is 10.2. The van der Waals surface area contributed by atoms with Crippen LogP contribution in [0.3, 0.4) is 0 Å². The van der Waals surface area contributed by atoms with Crippen LogP contribution in [-0.4, -0.2) is 31.7 Å². The summed E-state index contributed by atoms with van der Waals surface area (Å²) in [5.41, 5.74) is 1.14. The van der Waals surface area contributed by atoms with Crippen molar-refractivity contribution in [3.63, 3.8) is 0 Å². The van der Waals surface area contributed by atoms with Crippen molar-refractivity contribution in [1.29, 1.82) is 0 Å². The van der Waals surface area contributed by atoms with Crippen LogP contribution in [0.5, 0.6) is 11.5 Å². The lowest BCUT2D eigenvalue weighted by Gasteiger charge is -2.11. The molecule has 1 N–H and O–H groups in total. The number of rotatable bonds is 10. The van der Waals surface area contributed by atoms with Crippen LogP contribution in [0.4, 0.5) is 14.5 Å². The molecule has 0 saturated carbocycles. The van der Waals surface area contributed by atoms with E-state index in [1.54, 1.807) is 6.07 Å². The highest BCUT2D eigenvalue weighted by Gasteiger charge is 2.13. The number of para-hydroxylation sites is 2. The number of esters is 1. The lowest BCUT2D eigenvalue weighted by Crippen LogP contribution is -2.21. The van der Waals surface area contributed by atoms with Crippen molar-refractivity contribution >= 4 is 17.6 Å². The average Bonchev–Trinajstić information content (AvgIpc) is 2.65. The summed E-state index contributed by atoms with van der Waals surface area (Å²) in [4.78, 5) is 23.5. The van der Waals surface area contributed by atoms with Crippen molar-refractivity contribution < 1.29 is 32.6 Å². The molecule has 2 aromatic rings. The smallest absolute Gasteiger partial charge is 0.387 e. The largest absolute Gasteiger partial charge is 0.494 e. The summed E-state index contributed by atoms with van der Waals surface area (Å²) in [6, 6.07) is 13.3. The van der Waals surface area contributed by atoms with E-state index in [1.807, 2.05) is 31.2 Å². The highest BCUT2D eigenvalue weighted by atomic mass is 19.3. The Morgan fingerprint density at radius 3 is 2.64 bits per heavy atom. The van der Waals surface area contributed by atoms with Crippen molar-refractivity contribution in [3.05, 3.63) is 54.1 Å². The second-order valence-corrected chi connectivity index (χ2v) is 5.85. The second kappa shape index (κ2) is 10.9. The van der Waals surface area contributed by atoms with Gasteiger partial charge in [-0.15, -0.1) is 0 Å². The third-order valence-electron chi connectivity index (χ3n) is 3.52. The molecule has 0 aliphatic carbocycles. The molecule has 0 aromatic heterocycles. The molecular weight excluding hydrogens is 372 g/mol. The van der Waals surface area contributed by atoms with Gasteiger partial charge in [-0.05, 0) is 43.2 Å². The van der Waals surface area contributed by atoms with Gasteiger partial charge in [0.25, 0.3) is 5.91 Å². The molecular formula is C20H21F2NO5. The number of anilines is 1. The molecule has 1 amide bonds. The Morgan fingerprint density at radius 2 is 1.89 bits per heavy atom. The van der Waals surface area contributed by atoms with Crippen molar-refractivity contribution in [2.24, 2.45) is 0 Å². The first-order chi connectivity index (χ1) is 13.4. The Bertz CT molecular complexity index is 798. The predicted octanol–water partition coefficient (Wildman–Crippen LogP) is 3.94. The van der Waals surface area contributed by atoms with E-state index in [-0.39, 0.29) is 17.9 Å². The molecule has 6 nitrogen and oxygen atoms in total. The SMILES string of the molecule is Cc1cccc(OCCCC(=O)OCC(=O)Nc2ccccc2OC(F)F)c1. The molecule has 0 aliphatic rings. The number of hydrogen-bond donors (Lipinski definition) is 1. The van der Waals surface area contributed by atoms with Gasteiger partial charge in [0, 0.05) is 6.42 Å². The molecule has 0 unspecified atom stereocenters. The van der Waals surface area contributed by atoms with Gasteiger partial charge in [0.1, 0.15) is 11.5 Å². The molecule has 28 heavy (non-hydrogen) atoms. The molecule has 0 aliphatic heterocycles. The van der Waals surface area contributed by atoms with Gasteiger partial charge in [0.05, 0.1) is 12.3 Å². The van der Waals surface area contributed by atoms with Gasteiger partial charge in [0.2, 0.25) is 0 Å². The number of ether oxygens (including phenoxy) is 3. The fourth-order valence-corrected chi connectivity index (χ4v) is 2.28. The minimum atomic E-state index is -3.02. The molecule has 150 valence electrons.